The first-order valence-electron chi connectivity index (χ1n) is 13.3. The molecular weight excluding hydrogens is 582 g/mol. The number of halogens is 2. The molecule has 0 aliphatic carbocycles. The molecule has 4 bridgehead atoms. The van der Waals surface area contributed by atoms with Crippen molar-refractivity contribution in [1.82, 2.24) is 15.3 Å². The predicted molar refractivity (Wildman–Crippen MR) is 158 cm³/mol. The van der Waals surface area contributed by atoms with Crippen LogP contribution in [0, 0.1) is 11.6 Å². The lowest BCUT2D eigenvalue weighted by atomic mass is 10.0. The summed E-state index contributed by atoms with van der Waals surface area (Å²) in [7, 11) is -3.12. The molecule has 14 heteroatoms. The van der Waals surface area contributed by atoms with E-state index >= 15 is 0 Å². The number of nitrogens with one attached hydrogen (secondary N) is 2. The van der Waals surface area contributed by atoms with E-state index in [-0.39, 0.29) is 53.5 Å². The number of carbonyl (C=O) groups is 2. The van der Waals surface area contributed by atoms with Crippen molar-refractivity contribution in [3.05, 3.63) is 71.1 Å². The van der Waals surface area contributed by atoms with E-state index in [0.717, 1.165) is 6.20 Å². The first-order valence-corrected chi connectivity index (χ1v) is 15.4. The molecule has 1 aromatic carbocycles. The van der Waals surface area contributed by atoms with E-state index in [1.165, 1.54) is 37.4 Å². The minimum absolute atomic E-state index is 0.0142. The van der Waals surface area contributed by atoms with Crippen molar-refractivity contribution in [1.29, 1.82) is 0 Å². The fraction of sp³-hybridized carbons (Fsp3) is 0.310. The maximum absolute atomic E-state index is 14.9. The van der Waals surface area contributed by atoms with Gasteiger partial charge in [0, 0.05) is 35.9 Å². The van der Waals surface area contributed by atoms with Gasteiger partial charge in [0.05, 0.1) is 40.6 Å². The number of anilines is 2. The van der Waals surface area contributed by atoms with Gasteiger partial charge in [-0.3, -0.25) is 9.59 Å². The molecule has 4 N–H and O–H groups in total. The van der Waals surface area contributed by atoms with E-state index in [2.05, 4.69) is 25.0 Å². The van der Waals surface area contributed by atoms with Crippen LogP contribution in [-0.4, -0.2) is 51.5 Å². The fourth-order valence-corrected chi connectivity index (χ4v) is 5.44. The molecule has 11 nitrogen and oxygen atoms in total. The number of hydrogen-bond donors (Lipinski definition) is 3. The van der Waals surface area contributed by atoms with E-state index in [1.807, 2.05) is 0 Å². The van der Waals surface area contributed by atoms with Crippen molar-refractivity contribution < 1.29 is 32.1 Å². The highest BCUT2D eigenvalue weighted by molar-refractivity contribution is 7.92. The summed E-state index contributed by atoms with van der Waals surface area (Å²) >= 11 is 0. The lowest BCUT2D eigenvalue weighted by molar-refractivity contribution is -0.124. The highest BCUT2D eigenvalue weighted by Gasteiger charge is 2.20. The van der Waals surface area contributed by atoms with Gasteiger partial charge < -0.3 is 25.8 Å². The molecule has 1 aliphatic heterocycles. The SMILES string of the molecule is CC(C)=C(N)C(=O)N[C@@H](C)C(=O)N=S(C)(=O)Cc1cc2nc(c1)OCCCOc1cc(F)ccc1-c1cc(ncc1F)N2. The van der Waals surface area contributed by atoms with Crippen LogP contribution in [0.5, 0.6) is 11.6 Å². The largest absolute Gasteiger partial charge is 0.493 e. The number of fused-ring (bicyclic) bond motifs is 6. The van der Waals surface area contributed by atoms with Crippen molar-refractivity contribution in [3.8, 4) is 22.8 Å². The van der Waals surface area contributed by atoms with Gasteiger partial charge in [-0.2, -0.15) is 9.35 Å². The van der Waals surface area contributed by atoms with Crippen LogP contribution in [0.15, 0.2) is 58.2 Å². The van der Waals surface area contributed by atoms with Crippen LogP contribution in [0.2, 0.25) is 0 Å². The number of carbonyl (C=O) groups excluding carboxylic acids is 2. The Balaban J connectivity index is 1.63. The molecule has 43 heavy (non-hydrogen) atoms. The summed E-state index contributed by atoms with van der Waals surface area (Å²) in [5.74, 6) is -1.86. The Morgan fingerprint density at radius 1 is 1.12 bits per heavy atom. The van der Waals surface area contributed by atoms with Crippen molar-refractivity contribution in [2.24, 2.45) is 10.1 Å². The molecule has 0 fully saturated rings. The quantitative estimate of drug-likeness (QED) is 0.358. The fourth-order valence-electron chi connectivity index (χ4n) is 4.06. The highest BCUT2D eigenvalue weighted by atomic mass is 32.2. The second-order valence-corrected chi connectivity index (χ2v) is 12.6. The summed E-state index contributed by atoms with van der Waals surface area (Å²) in [5, 5.41) is 5.45. The van der Waals surface area contributed by atoms with E-state index in [4.69, 9.17) is 15.2 Å². The Hall–Kier alpha value is -4.59. The molecule has 2 amide bonds. The highest BCUT2D eigenvalue weighted by Crippen LogP contribution is 2.34. The van der Waals surface area contributed by atoms with Crippen LogP contribution in [0.3, 0.4) is 0 Å². The minimum atomic E-state index is -3.12. The second-order valence-electron chi connectivity index (χ2n) is 10.2. The molecule has 0 spiro atoms. The molecule has 228 valence electrons. The third kappa shape index (κ3) is 8.25. The first-order chi connectivity index (χ1) is 20.3. The third-order valence-electron chi connectivity index (χ3n) is 6.22. The van der Waals surface area contributed by atoms with Gasteiger partial charge in [0.2, 0.25) is 5.88 Å². The molecule has 0 saturated carbocycles. The summed E-state index contributed by atoms with van der Waals surface area (Å²) in [6.07, 6.45) is 2.74. The van der Waals surface area contributed by atoms with E-state index in [1.54, 1.807) is 26.0 Å². The van der Waals surface area contributed by atoms with Gasteiger partial charge in [0.15, 0.2) is 0 Å². The topological polar surface area (TPSA) is 158 Å². The van der Waals surface area contributed by atoms with E-state index < -0.39 is 39.2 Å². The average molecular weight is 615 g/mol. The molecule has 4 rings (SSSR count). The number of amides is 2. The van der Waals surface area contributed by atoms with Crippen LogP contribution in [0.25, 0.3) is 11.1 Å². The molecule has 2 atom stereocenters. The smallest absolute Gasteiger partial charge is 0.276 e. The summed E-state index contributed by atoms with van der Waals surface area (Å²) in [6, 6.07) is 7.36. The molecular formula is C29H32F2N6O5S. The predicted octanol–water partition coefficient (Wildman–Crippen LogP) is 4.21. The maximum atomic E-state index is 14.9. The Kier molecular flexibility index (Phi) is 9.59. The zero-order valence-corrected chi connectivity index (χ0v) is 24.9. The molecule has 3 heterocycles. The Morgan fingerprint density at radius 3 is 2.60 bits per heavy atom. The number of aromatic nitrogens is 2. The van der Waals surface area contributed by atoms with Crippen LogP contribution in [0.1, 0.15) is 32.8 Å². The van der Waals surface area contributed by atoms with Gasteiger partial charge in [-0.1, -0.05) is 0 Å². The Morgan fingerprint density at radius 2 is 1.86 bits per heavy atom. The van der Waals surface area contributed by atoms with Crippen molar-refractivity contribution in [2.75, 3.05) is 24.8 Å². The number of nitrogens with zero attached hydrogens (tertiary/aromatic N) is 3. The summed E-state index contributed by atoms with van der Waals surface area (Å²) < 4.78 is 57.6. The van der Waals surface area contributed by atoms with Crippen molar-refractivity contribution in [2.45, 2.75) is 39.0 Å². The lowest BCUT2D eigenvalue weighted by Crippen LogP contribution is -2.40. The van der Waals surface area contributed by atoms with Crippen molar-refractivity contribution in [3.63, 3.8) is 0 Å². The second kappa shape index (κ2) is 13.2. The van der Waals surface area contributed by atoms with Crippen LogP contribution >= 0.6 is 0 Å². The number of hydrogen-bond acceptors (Lipinski definition) is 9. The Labute approximate surface area is 248 Å². The maximum Gasteiger partial charge on any atom is 0.276 e. The van der Waals surface area contributed by atoms with Gasteiger partial charge in [-0.15, -0.1) is 0 Å². The van der Waals surface area contributed by atoms with Gasteiger partial charge in [0.25, 0.3) is 11.8 Å². The number of benzene rings is 1. The molecule has 1 unspecified atom stereocenters. The summed E-state index contributed by atoms with van der Waals surface area (Å²) in [4.78, 5) is 33.4. The van der Waals surface area contributed by atoms with Crippen LogP contribution < -0.4 is 25.8 Å². The lowest BCUT2D eigenvalue weighted by Gasteiger charge is -2.16. The van der Waals surface area contributed by atoms with E-state index in [9.17, 15) is 22.6 Å². The number of allylic oxidation sites excluding steroid dienone is 1. The normalized spacial score (nSPS) is 14.7. The number of ether oxygens (including phenoxy) is 2. The molecule has 1 aliphatic rings. The zero-order chi connectivity index (χ0) is 31.3. The first kappa shape index (κ1) is 31.3. The monoisotopic (exact) mass is 614 g/mol. The molecule has 0 saturated heterocycles. The molecule has 2 aromatic heterocycles. The number of pyridine rings is 2. The minimum Gasteiger partial charge on any atom is -0.493 e. The average Bonchev–Trinajstić information content (AvgIpc) is 2.92. The summed E-state index contributed by atoms with van der Waals surface area (Å²) in [5.41, 5.74) is 7.26. The van der Waals surface area contributed by atoms with Gasteiger partial charge in [0.1, 0.15) is 35.1 Å². The number of rotatable bonds is 5. The number of nitrogens with two attached hydrogens (primary N) is 1. The molecule has 3 aromatic rings. The van der Waals surface area contributed by atoms with E-state index in [0.29, 0.717) is 23.1 Å². The molecule has 0 radical (unpaired) electrons. The third-order valence-corrected chi connectivity index (χ3v) is 7.66. The zero-order valence-electron chi connectivity index (χ0n) is 24.1. The van der Waals surface area contributed by atoms with Gasteiger partial charge in [-0.05, 0) is 56.2 Å². The standard InChI is InChI=1S/C29H32F2N6O5S/c1-16(2)27(32)29(39)34-17(3)28(38)37-43(4,40)15-18-10-25-35-24-13-21(22(31)14-33-24)20-7-6-19(30)12-23(20)41-8-5-9-42-26(11-18)36-25/h6-7,10-14,17H,5,8-9,15,32H2,1-4H3,(H,34,39)(H,33,35,36)/t17-,43?/m0/s1. The van der Waals surface area contributed by atoms with Gasteiger partial charge >= 0.3 is 0 Å². The van der Waals surface area contributed by atoms with Crippen LogP contribution in [-0.2, 0) is 25.1 Å². The van der Waals surface area contributed by atoms with Gasteiger partial charge in [-0.25, -0.2) is 18.0 Å². The Bertz CT molecular complexity index is 1720. The summed E-state index contributed by atoms with van der Waals surface area (Å²) in [6.45, 7) is 5.08. The van der Waals surface area contributed by atoms with Crippen LogP contribution in [0.4, 0.5) is 20.4 Å². The van der Waals surface area contributed by atoms with Crippen molar-refractivity contribution >= 4 is 33.2 Å².